The van der Waals surface area contributed by atoms with Crippen molar-refractivity contribution in [3.63, 3.8) is 0 Å². The van der Waals surface area contributed by atoms with Crippen LogP contribution < -0.4 is 10.2 Å². The Morgan fingerprint density at radius 2 is 2.04 bits per heavy atom. The number of rotatable bonds is 6. The van der Waals surface area contributed by atoms with Crippen molar-refractivity contribution in [1.82, 2.24) is 10.2 Å². The molecule has 1 saturated heterocycles. The van der Waals surface area contributed by atoms with Crippen molar-refractivity contribution in [1.29, 1.82) is 5.26 Å². The minimum Gasteiger partial charge on any atom is -0.371 e. The first kappa shape index (κ1) is 19.0. The van der Waals surface area contributed by atoms with E-state index in [9.17, 15) is 14.0 Å². The van der Waals surface area contributed by atoms with Gasteiger partial charge in [-0.05, 0) is 42.9 Å². The molecule has 27 heavy (non-hydrogen) atoms. The SMILES string of the molecule is CCc1nnc(NCC2CCN(c3ccc(F)c(F)c3)C2)c(C#N)c1CC. The first-order valence-electron chi connectivity index (χ1n) is 9.29. The number of nitriles is 1. The molecule has 0 radical (unpaired) electrons. The van der Waals surface area contributed by atoms with Crippen LogP contribution >= 0.6 is 0 Å². The van der Waals surface area contributed by atoms with Gasteiger partial charge in [-0.15, -0.1) is 5.10 Å². The monoisotopic (exact) mass is 371 g/mol. The Bertz CT molecular complexity index is 862. The lowest BCUT2D eigenvalue weighted by atomic mass is 10.0. The number of hydrogen-bond donors (Lipinski definition) is 1. The van der Waals surface area contributed by atoms with Crippen molar-refractivity contribution in [2.24, 2.45) is 5.92 Å². The average Bonchev–Trinajstić information content (AvgIpc) is 3.16. The van der Waals surface area contributed by atoms with Gasteiger partial charge in [0.25, 0.3) is 0 Å². The summed E-state index contributed by atoms with van der Waals surface area (Å²) in [4.78, 5) is 2.05. The van der Waals surface area contributed by atoms with E-state index in [4.69, 9.17) is 0 Å². The fourth-order valence-corrected chi connectivity index (χ4v) is 3.57. The van der Waals surface area contributed by atoms with Crippen molar-refractivity contribution in [2.75, 3.05) is 29.9 Å². The lowest BCUT2D eigenvalue weighted by Crippen LogP contribution is -2.23. The Morgan fingerprint density at radius 1 is 1.22 bits per heavy atom. The molecule has 1 fully saturated rings. The number of aromatic nitrogens is 2. The summed E-state index contributed by atoms with van der Waals surface area (Å²) in [6, 6.07) is 6.26. The van der Waals surface area contributed by atoms with Gasteiger partial charge in [-0.2, -0.15) is 10.4 Å². The van der Waals surface area contributed by atoms with Crippen LogP contribution in [0.4, 0.5) is 20.3 Å². The maximum Gasteiger partial charge on any atom is 0.166 e. The van der Waals surface area contributed by atoms with Gasteiger partial charge >= 0.3 is 0 Å². The summed E-state index contributed by atoms with van der Waals surface area (Å²) in [6.07, 6.45) is 2.41. The van der Waals surface area contributed by atoms with Gasteiger partial charge in [-0.1, -0.05) is 13.8 Å². The molecule has 5 nitrogen and oxygen atoms in total. The molecule has 1 aromatic heterocycles. The van der Waals surface area contributed by atoms with Crippen molar-refractivity contribution < 1.29 is 8.78 Å². The van der Waals surface area contributed by atoms with Crippen LogP contribution in [0.15, 0.2) is 18.2 Å². The van der Waals surface area contributed by atoms with Crippen molar-refractivity contribution in [3.05, 3.63) is 46.7 Å². The van der Waals surface area contributed by atoms with Gasteiger partial charge in [0.15, 0.2) is 17.5 Å². The van der Waals surface area contributed by atoms with Crippen LogP contribution in [-0.2, 0) is 12.8 Å². The van der Waals surface area contributed by atoms with Gasteiger partial charge in [0.1, 0.15) is 11.6 Å². The molecule has 0 spiro atoms. The number of nitrogens with zero attached hydrogens (tertiary/aromatic N) is 4. The van der Waals surface area contributed by atoms with Gasteiger partial charge in [-0.25, -0.2) is 8.78 Å². The molecule has 1 atom stereocenters. The molecular formula is C20H23F2N5. The quantitative estimate of drug-likeness (QED) is 0.839. The van der Waals surface area contributed by atoms with Gasteiger partial charge in [0, 0.05) is 31.4 Å². The first-order chi connectivity index (χ1) is 13.1. The molecule has 1 aromatic carbocycles. The van der Waals surface area contributed by atoms with E-state index >= 15 is 0 Å². The maximum atomic E-state index is 13.5. The zero-order valence-corrected chi connectivity index (χ0v) is 15.6. The number of nitrogens with one attached hydrogen (secondary N) is 1. The average molecular weight is 371 g/mol. The summed E-state index contributed by atoms with van der Waals surface area (Å²) in [5, 5.41) is 21.3. The Kier molecular flexibility index (Phi) is 5.84. The highest BCUT2D eigenvalue weighted by Crippen LogP contribution is 2.26. The lowest BCUT2D eigenvalue weighted by Gasteiger charge is -2.19. The van der Waals surface area contributed by atoms with Gasteiger partial charge in [-0.3, -0.25) is 0 Å². The number of aryl methyl sites for hydroxylation is 1. The number of benzene rings is 1. The predicted octanol–water partition coefficient (Wildman–Crippen LogP) is 3.69. The van der Waals surface area contributed by atoms with E-state index in [2.05, 4.69) is 21.6 Å². The Morgan fingerprint density at radius 3 is 2.70 bits per heavy atom. The minimum absolute atomic E-state index is 0.322. The Balaban J connectivity index is 1.66. The first-order valence-corrected chi connectivity index (χ1v) is 9.29. The van der Waals surface area contributed by atoms with E-state index in [1.165, 1.54) is 6.07 Å². The van der Waals surface area contributed by atoms with Crippen LogP contribution in [0, 0.1) is 28.9 Å². The second kappa shape index (κ2) is 8.30. The highest BCUT2D eigenvalue weighted by molar-refractivity contribution is 5.56. The van der Waals surface area contributed by atoms with E-state index in [1.807, 2.05) is 18.7 Å². The number of halogens is 2. The fourth-order valence-electron chi connectivity index (χ4n) is 3.57. The van der Waals surface area contributed by atoms with Gasteiger partial charge in [0.05, 0.1) is 5.69 Å². The van der Waals surface area contributed by atoms with Crippen molar-refractivity contribution in [3.8, 4) is 6.07 Å². The molecule has 3 rings (SSSR count). The van der Waals surface area contributed by atoms with Gasteiger partial charge < -0.3 is 10.2 Å². The molecule has 1 aliphatic rings. The summed E-state index contributed by atoms with van der Waals surface area (Å²) in [6.45, 7) is 6.18. The Labute approximate surface area is 158 Å². The standard InChI is InChI=1S/C20H23F2N5/c1-3-15-16(10-23)20(26-25-19(15)4-2)24-11-13-7-8-27(12-13)14-5-6-17(21)18(22)9-14/h5-6,9,13H,3-4,7-8,11-12H2,1-2H3,(H,24,26). The zero-order valence-electron chi connectivity index (χ0n) is 15.6. The van der Waals surface area contributed by atoms with Crippen LogP contribution in [0.5, 0.6) is 0 Å². The topological polar surface area (TPSA) is 64.8 Å². The van der Waals surface area contributed by atoms with Gasteiger partial charge in [0.2, 0.25) is 0 Å². The molecular weight excluding hydrogens is 348 g/mol. The van der Waals surface area contributed by atoms with E-state index in [0.29, 0.717) is 29.5 Å². The lowest BCUT2D eigenvalue weighted by molar-refractivity contribution is 0.508. The van der Waals surface area contributed by atoms with Crippen LogP contribution in [0.1, 0.15) is 37.1 Å². The number of anilines is 2. The second-order valence-corrected chi connectivity index (χ2v) is 6.75. The molecule has 2 aromatic rings. The van der Waals surface area contributed by atoms with Crippen LogP contribution in [0.2, 0.25) is 0 Å². The predicted molar refractivity (Wildman–Crippen MR) is 101 cm³/mol. The Hall–Kier alpha value is -2.75. The normalized spacial score (nSPS) is 16.4. The van der Waals surface area contributed by atoms with E-state index in [0.717, 1.165) is 49.7 Å². The molecule has 1 aliphatic heterocycles. The highest BCUT2D eigenvalue weighted by atomic mass is 19.2. The van der Waals surface area contributed by atoms with Crippen molar-refractivity contribution in [2.45, 2.75) is 33.1 Å². The molecule has 2 heterocycles. The van der Waals surface area contributed by atoms with Crippen LogP contribution in [-0.4, -0.2) is 29.8 Å². The molecule has 0 amide bonds. The zero-order chi connectivity index (χ0) is 19.4. The molecule has 0 aliphatic carbocycles. The maximum absolute atomic E-state index is 13.5. The summed E-state index contributed by atoms with van der Waals surface area (Å²) < 4.78 is 26.6. The third-order valence-corrected chi connectivity index (χ3v) is 5.07. The molecule has 142 valence electrons. The minimum atomic E-state index is -0.832. The fraction of sp³-hybridized carbons (Fsp3) is 0.450. The largest absolute Gasteiger partial charge is 0.371 e. The summed E-state index contributed by atoms with van der Waals surface area (Å²) in [7, 11) is 0. The molecule has 0 saturated carbocycles. The third-order valence-electron chi connectivity index (χ3n) is 5.07. The van der Waals surface area contributed by atoms with E-state index < -0.39 is 11.6 Å². The smallest absolute Gasteiger partial charge is 0.166 e. The van der Waals surface area contributed by atoms with E-state index in [-0.39, 0.29) is 0 Å². The summed E-state index contributed by atoms with van der Waals surface area (Å²) in [5.74, 6) is -0.813. The third kappa shape index (κ3) is 4.00. The molecule has 7 heteroatoms. The van der Waals surface area contributed by atoms with Crippen molar-refractivity contribution >= 4 is 11.5 Å². The second-order valence-electron chi connectivity index (χ2n) is 6.75. The molecule has 1 unspecified atom stereocenters. The van der Waals surface area contributed by atoms with Crippen LogP contribution in [0.3, 0.4) is 0 Å². The van der Waals surface area contributed by atoms with E-state index in [1.54, 1.807) is 6.07 Å². The number of hydrogen-bond acceptors (Lipinski definition) is 5. The highest BCUT2D eigenvalue weighted by Gasteiger charge is 2.24. The summed E-state index contributed by atoms with van der Waals surface area (Å²) >= 11 is 0. The van der Waals surface area contributed by atoms with Crippen LogP contribution in [0.25, 0.3) is 0 Å². The molecule has 1 N–H and O–H groups in total. The summed E-state index contributed by atoms with van der Waals surface area (Å²) in [5.41, 5.74) is 3.08. The molecule has 0 bridgehead atoms.